The Balaban J connectivity index is 2.24. The molecular weight excluding hydrogens is 301 g/mol. The average Bonchev–Trinajstić information content (AvgIpc) is 2.44. The second kappa shape index (κ2) is 5.00. The van der Waals surface area contributed by atoms with Crippen molar-refractivity contribution in [2.24, 2.45) is 0 Å². The highest BCUT2D eigenvalue weighted by Crippen LogP contribution is 2.27. The standard InChI is InChI=1S/C15H8ClF3N2/c1-7-2-3-8(4-10(7)17)15-20-13-6-12(19)11(18)5-9(13)14(16)21-15/h2-6H,1H3. The Hall–Kier alpha value is -2.14. The van der Waals surface area contributed by atoms with E-state index in [1.165, 1.54) is 6.07 Å². The first kappa shape index (κ1) is 13.8. The number of hydrogen-bond acceptors (Lipinski definition) is 2. The van der Waals surface area contributed by atoms with Gasteiger partial charge in [-0.3, -0.25) is 0 Å². The van der Waals surface area contributed by atoms with Gasteiger partial charge in [0.05, 0.1) is 5.52 Å². The lowest BCUT2D eigenvalue weighted by molar-refractivity contribution is 0.510. The monoisotopic (exact) mass is 308 g/mol. The van der Waals surface area contributed by atoms with Crippen molar-refractivity contribution in [1.82, 2.24) is 9.97 Å². The maximum Gasteiger partial charge on any atom is 0.161 e. The van der Waals surface area contributed by atoms with Crippen LogP contribution in [0, 0.1) is 24.4 Å². The Kier molecular flexibility index (Phi) is 3.29. The van der Waals surface area contributed by atoms with Gasteiger partial charge in [-0.15, -0.1) is 0 Å². The molecule has 1 aromatic heterocycles. The molecule has 0 fully saturated rings. The van der Waals surface area contributed by atoms with Gasteiger partial charge in [0.25, 0.3) is 0 Å². The van der Waals surface area contributed by atoms with Crippen molar-refractivity contribution in [3.63, 3.8) is 0 Å². The highest BCUT2D eigenvalue weighted by Gasteiger charge is 2.12. The van der Waals surface area contributed by atoms with Crippen LogP contribution in [0.25, 0.3) is 22.3 Å². The molecule has 0 saturated carbocycles. The molecule has 2 aromatic carbocycles. The zero-order valence-corrected chi connectivity index (χ0v) is 11.5. The molecule has 6 heteroatoms. The number of aromatic nitrogens is 2. The molecular formula is C15H8ClF3N2. The number of nitrogens with zero attached hydrogens (tertiary/aromatic N) is 2. The molecule has 1 heterocycles. The molecule has 0 unspecified atom stereocenters. The molecule has 0 N–H and O–H groups in total. The quantitative estimate of drug-likeness (QED) is 0.610. The molecule has 0 aliphatic rings. The van der Waals surface area contributed by atoms with Crippen LogP contribution in [0.5, 0.6) is 0 Å². The van der Waals surface area contributed by atoms with E-state index in [1.54, 1.807) is 19.1 Å². The number of aryl methyl sites for hydroxylation is 1. The van der Waals surface area contributed by atoms with Gasteiger partial charge in [0.1, 0.15) is 11.0 Å². The first-order valence-electron chi connectivity index (χ1n) is 6.04. The predicted octanol–water partition coefficient (Wildman–Crippen LogP) is 4.68. The minimum absolute atomic E-state index is 0.0186. The van der Waals surface area contributed by atoms with E-state index in [-0.39, 0.29) is 21.9 Å². The molecule has 3 aromatic rings. The molecule has 2 nitrogen and oxygen atoms in total. The molecule has 0 aliphatic carbocycles. The normalized spacial score (nSPS) is 11.1. The summed E-state index contributed by atoms with van der Waals surface area (Å²) in [5, 5.41) is 0.182. The van der Waals surface area contributed by atoms with E-state index in [2.05, 4.69) is 9.97 Å². The summed E-state index contributed by atoms with van der Waals surface area (Å²) in [6, 6.07) is 6.36. The molecule has 0 amide bonds. The lowest BCUT2D eigenvalue weighted by atomic mass is 10.1. The first-order chi connectivity index (χ1) is 9.95. The van der Waals surface area contributed by atoms with Gasteiger partial charge in [-0.1, -0.05) is 23.7 Å². The molecule has 3 rings (SSSR count). The number of hydrogen-bond donors (Lipinski definition) is 0. The summed E-state index contributed by atoms with van der Waals surface area (Å²) in [7, 11) is 0. The van der Waals surface area contributed by atoms with Gasteiger partial charge in [-0.25, -0.2) is 23.1 Å². The molecule has 0 radical (unpaired) electrons. The second-order valence-corrected chi connectivity index (χ2v) is 4.94. The van der Waals surface area contributed by atoms with Crippen molar-refractivity contribution in [2.75, 3.05) is 0 Å². The zero-order chi connectivity index (χ0) is 15.1. The minimum Gasteiger partial charge on any atom is -0.228 e. The Bertz CT molecular complexity index is 865. The van der Waals surface area contributed by atoms with Crippen molar-refractivity contribution in [1.29, 1.82) is 0 Å². The van der Waals surface area contributed by atoms with E-state index < -0.39 is 17.5 Å². The van der Waals surface area contributed by atoms with E-state index >= 15 is 0 Å². The van der Waals surface area contributed by atoms with Gasteiger partial charge in [0.2, 0.25) is 0 Å². The summed E-state index contributed by atoms with van der Waals surface area (Å²) >= 11 is 5.97. The Morgan fingerprint density at radius 3 is 2.33 bits per heavy atom. The van der Waals surface area contributed by atoms with Crippen LogP contribution < -0.4 is 0 Å². The largest absolute Gasteiger partial charge is 0.228 e. The van der Waals surface area contributed by atoms with Crippen molar-refractivity contribution in [3.05, 3.63) is 58.5 Å². The van der Waals surface area contributed by atoms with Gasteiger partial charge in [0, 0.05) is 17.0 Å². The first-order valence-corrected chi connectivity index (χ1v) is 6.42. The topological polar surface area (TPSA) is 25.8 Å². The van der Waals surface area contributed by atoms with Crippen LogP contribution in [-0.2, 0) is 0 Å². The third-order valence-electron chi connectivity index (χ3n) is 3.12. The van der Waals surface area contributed by atoms with Gasteiger partial charge in [0.15, 0.2) is 17.5 Å². The fourth-order valence-electron chi connectivity index (χ4n) is 1.95. The van der Waals surface area contributed by atoms with Crippen LogP contribution in [-0.4, -0.2) is 9.97 Å². The molecule has 0 saturated heterocycles. The summed E-state index contributed by atoms with van der Waals surface area (Å²) in [5.41, 5.74) is 1.05. The van der Waals surface area contributed by atoms with E-state index in [0.29, 0.717) is 11.1 Å². The van der Waals surface area contributed by atoms with Crippen molar-refractivity contribution in [3.8, 4) is 11.4 Å². The Morgan fingerprint density at radius 2 is 1.62 bits per heavy atom. The van der Waals surface area contributed by atoms with Crippen LogP contribution in [0.3, 0.4) is 0 Å². The zero-order valence-electron chi connectivity index (χ0n) is 10.8. The summed E-state index contributed by atoms with van der Waals surface area (Å²) in [5.74, 6) is -2.31. The number of fused-ring (bicyclic) bond motifs is 1. The summed E-state index contributed by atoms with van der Waals surface area (Å²) in [4.78, 5) is 8.12. The highest BCUT2D eigenvalue weighted by molar-refractivity contribution is 6.34. The SMILES string of the molecule is Cc1ccc(-c2nc(Cl)c3cc(F)c(F)cc3n2)cc1F. The number of benzene rings is 2. The minimum atomic E-state index is -1.03. The third kappa shape index (κ3) is 2.45. The van der Waals surface area contributed by atoms with Crippen molar-refractivity contribution < 1.29 is 13.2 Å². The maximum absolute atomic E-state index is 13.6. The van der Waals surface area contributed by atoms with E-state index in [4.69, 9.17) is 11.6 Å². The highest BCUT2D eigenvalue weighted by atomic mass is 35.5. The summed E-state index contributed by atoms with van der Waals surface area (Å²) < 4.78 is 40.1. The lowest BCUT2D eigenvalue weighted by Gasteiger charge is -2.06. The van der Waals surface area contributed by atoms with Crippen LogP contribution in [0.1, 0.15) is 5.56 Å². The number of rotatable bonds is 1. The van der Waals surface area contributed by atoms with E-state index in [9.17, 15) is 13.2 Å². The molecule has 0 spiro atoms. The van der Waals surface area contributed by atoms with Gasteiger partial charge >= 0.3 is 0 Å². The van der Waals surface area contributed by atoms with Crippen LogP contribution >= 0.6 is 11.6 Å². The Morgan fingerprint density at radius 1 is 0.905 bits per heavy atom. The third-order valence-corrected chi connectivity index (χ3v) is 3.41. The molecule has 106 valence electrons. The van der Waals surface area contributed by atoms with Crippen molar-refractivity contribution in [2.45, 2.75) is 6.92 Å². The molecule has 21 heavy (non-hydrogen) atoms. The summed E-state index contributed by atoms with van der Waals surface area (Å²) in [6.45, 7) is 1.63. The summed E-state index contributed by atoms with van der Waals surface area (Å²) in [6.07, 6.45) is 0. The maximum atomic E-state index is 13.6. The number of halogens is 4. The van der Waals surface area contributed by atoms with Gasteiger partial charge in [-0.05, 0) is 24.6 Å². The van der Waals surface area contributed by atoms with Crippen LogP contribution in [0.2, 0.25) is 5.15 Å². The molecule has 0 atom stereocenters. The van der Waals surface area contributed by atoms with Gasteiger partial charge < -0.3 is 0 Å². The smallest absolute Gasteiger partial charge is 0.161 e. The molecule has 0 bridgehead atoms. The Labute approximate surface area is 123 Å². The predicted molar refractivity (Wildman–Crippen MR) is 74.6 cm³/mol. The fourth-order valence-corrected chi connectivity index (χ4v) is 2.18. The van der Waals surface area contributed by atoms with Crippen LogP contribution in [0.15, 0.2) is 30.3 Å². The molecule has 0 aliphatic heterocycles. The van der Waals surface area contributed by atoms with E-state index in [0.717, 1.165) is 12.1 Å². The second-order valence-electron chi connectivity index (χ2n) is 4.59. The fraction of sp³-hybridized carbons (Fsp3) is 0.0667. The van der Waals surface area contributed by atoms with Gasteiger partial charge in [-0.2, -0.15) is 0 Å². The average molecular weight is 309 g/mol. The van der Waals surface area contributed by atoms with Crippen molar-refractivity contribution >= 4 is 22.5 Å². The lowest BCUT2D eigenvalue weighted by Crippen LogP contribution is -1.95. The van der Waals surface area contributed by atoms with E-state index in [1.807, 2.05) is 0 Å². The van der Waals surface area contributed by atoms with Crippen LogP contribution in [0.4, 0.5) is 13.2 Å².